The fourth-order valence-corrected chi connectivity index (χ4v) is 6.20. The first-order valence-electron chi connectivity index (χ1n) is 15.4. The standard InChI is InChI=1S/C34H42N4O5/c1-7-41-42-21-29-27-16-19-37(31(39)30(27)38(35-29)26-12-8-23(9-13-26)28-20-22(28)2)25-14-10-24(11-15-25)34(17-18-34)36(6)32(40)43-33(3,4)5/h8-15,22,28H,7,16-21H2,1-6H3/t22-,28+/m1/s1. The average molecular weight is 587 g/mol. The molecule has 9 nitrogen and oxygen atoms in total. The highest BCUT2D eigenvalue weighted by Gasteiger charge is 2.51. The lowest BCUT2D eigenvalue weighted by Gasteiger charge is -2.32. The van der Waals surface area contributed by atoms with Gasteiger partial charge in [0.15, 0.2) is 0 Å². The van der Waals surface area contributed by atoms with Gasteiger partial charge in [-0.2, -0.15) is 5.10 Å². The van der Waals surface area contributed by atoms with Gasteiger partial charge < -0.3 is 14.5 Å². The van der Waals surface area contributed by atoms with Gasteiger partial charge in [0.05, 0.1) is 23.5 Å². The van der Waals surface area contributed by atoms with Gasteiger partial charge in [-0.3, -0.25) is 4.79 Å². The highest BCUT2D eigenvalue weighted by Crippen LogP contribution is 2.51. The second kappa shape index (κ2) is 11.1. The molecule has 0 saturated heterocycles. The molecule has 3 aromatic rings. The normalized spacial score (nSPS) is 20.5. The van der Waals surface area contributed by atoms with Crippen molar-refractivity contribution in [1.29, 1.82) is 0 Å². The van der Waals surface area contributed by atoms with Gasteiger partial charge in [0.2, 0.25) is 0 Å². The number of hydrogen-bond acceptors (Lipinski definition) is 6. The Morgan fingerprint density at radius 1 is 1.05 bits per heavy atom. The zero-order valence-electron chi connectivity index (χ0n) is 26.1. The second-order valence-electron chi connectivity index (χ2n) is 13.1. The van der Waals surface area contributed by atoms with Crippen molar-refractivity contribution in [3.63, 3.8) is 0 Å². The molecule has 1 aromatic heterocycles. The number of fused-ring (bicyclic) bond motifs is 1. The van der Waals surface area contributed by atoms with Gasteiger partial charge in [-0.1, -0.05) is 31.2 Å². The smallest absolute Gasteiger partial charge is 0.410 e. The van der Waals surface area contributed by atoms with Gasteiger partial charge in [0.1, 0.15) is 17.9 Å². The molecule has 2 heterocycles. The van der Waals surface area contributed by atoms with Crippen molar-refractivity contribution in [2.45, 2.75) is 84.0 Å². The number of carbonyl (C=O) groups is 2. The van der Waals surface area contributed by atoms with Gasteiger partial charge in [-0.25, -0.2) is 19.3 Å². The van der Waals surface area contributed by atoms with Crippen LogP contribution in [0.3, 0.4) is 0 Å². The van der Waals surface area contributed by atoms with Gasteiger partial charge in [0.25, 0.3) is 5.91 Å². The minimum atomic E-state index is -0.557. The number of benzene rings is 2. The summed E-state index contributed by atoms with van der Waals surface area (Å²) in [5.41, 5.74) is 5.27. The summed E-state index contributed by atoms with van der Waals surface area (Å²) in [5.74, 6) is 1.24. The lowest BCUT2D eigenvalue weighted by molar-refractivity contribution is -0.301. The Balaban J connectivity index is 1.26. The number of ether oxygens (including phenoxy) is 1. The van der Waals surface area contributed by atoms with Gasteiger partial charge in [-0.15, -0.1) is 0 Å². The fourth-order valence-electron chi connectivity index (χ4n) is 6.20. The maximum absolute atomic E-state index is 14.1. The zero-order chi connectivity index (χ0) is 30.5. The molecule has 0 radical (unpaired) electrons. The molecule has 2 amide bonds. The number of nitrogens with zero attached hydrogens (tertiary/aromatic N) is 4. The Bertz CT molecular complexity index is 1500. The van der Waals surface area contributed by atoms with Gasteiger partial charge in [0, 0.05) is 24.8 Å². The SMILES string of the molecule is CCOOCc1nn(-c2ccc([C@H]3C[C@H]3C)cc2)c2c1CCN(c1ccc(C3(N(C)C(=O)OC(C)(C)C)CC3)cc1)C2=O. The van der Waals surface area contributed by atoms with Crippen LogP contribution < -0.4 is 4.90 Å². The molecule has 1 aliphatic heterocycles. The highest BCUT2D eigenvalue weighted by molar-refractivity contribution is 6.07. The minimum Gasteiger partial charge on any atom is -0.444 e. The van der Waals surface area contributed by atoms with Crippen LogP contribution in [-0.4, -0.2) is 52.5 Å². The minimum absolute atomic E-state index is 0.101. The zero-order valence-corrected chi connectivity index (χ0v) is 26.1. The first-order valence-corrected chi connectivity index (χ1v) is 15.4. The second-order valence-corrected chi connectivity index (χ2v) is 13.1. The van der Waals surface area contributed by atoms with Crippen LogP contribution in [0.15, 0.2) is 48.5 Å². The van der Waals surface area contributed by atoms with E-state index < -0.39 is 5.60 Å². The maximum atomic E-state index is 14.1. The lowest BCUT2D eigenvalue weighted by Crippen LogP contribution is -2.41. The Morgan fingerprint density at radius 2 is 1.70 bits per heavy atom. The first-order chi connectivity index (χ1) is 20.5. The predicted octanol–water partition coefficient (Wildman–Crippen LogP) is 6.52. The third-order valence-corrected chi connectivity index (χ3v) is 8.92. The van der Waals surface area contributed by atoms with Gasteiger partial charge >= 0.3 is 6.09 Å². The summed E-state index contributed by atoms with van der Waals surface area (Å²) >= 11 is 0. The van der Waals surface area contributed by atoms with Crippen LogP contribution in [-0.2, 0) is 33.1 Å². The van der Waals surface area contributed by atoms with Crippen molar-refractivity contribution in [2.75, 3.05) is 25.1 Å². The summed E-state index contributed by atoms with van der Waals surface area (Å²) in [7, 11) is 1.80. The molecule has 228 valence electrons. The number of carbonyl (C=O) groups excluding carboxylic acids is 2. The molecular weight excluding hydrogens is 544 g/mol. The Morgan fingerprint density at radius 3 is 2.28 bits per heavy atom. The van der Waals surface area contributed by atoms with E-state index in [1.807, 2.05) is 56.9 Å². The van der Waals surface area contributed by atoms with E-state index in [9.17, 15) is 9.59 Å². The van der Waals surface area contributed by atoms with Crippen molar-refractivity contribution >= 4 is 17.7 Å². The third-order valence-electron chi connectivity index (χ3n) is 8.92. The average Bonchev–Trinajstić information content (AvgIpc) is 3.90. The van der Waals surface area contributed by atoms with Crippen LogP contribution in [0.25, 0.3) is 5.69 Å². The summed E-state index contributed by atoms with van der Waals surface area (Å²) < 4.78 is 7.39. The summed E-state index contributed by atoms with van der Waals surface area (Å²) in [5, 5.41) is 4.85. The van der Waals surface area contributed by atoms with Crippen molar-refractivity contribution in [2.24, 2.45) is 5.92 Å². The maximum Gasteiger partial charge on any atom is 0.410 e. The van der Waals surface area contributed by atoms with Crippen LogP contribution in [0.2, 0.25) is 0 Å². The van der Waals surface area contributed by atoms with E-state index in [1.54, 1.807) is 16.6 Å². The molecule has 0 bridgehead atoms. The molecule has 6 rings (SSSR count). The number of rotatable bonds is 9. The van der Waals surface area contributed by atoms with Crippen molar-refractivity contribution in [3.8, 4) is 5.69 Å². The molecule has 2 atom stereocenters. The molecule has 0 spiro atoms. The molecule has 2 aromatic carbocycles. The van der Waals surface area contributed by atoms with E-state index in [2.05, 4.69) is 31.2 Å². The molecule has 0 unspecified atom stereocenters. The summed E-state index contributed by atoms with van der Waals surface area (Å²) in [6.45, 7) is 10.9. The molecule has 2 fully saturated rings. The van der Waals surface area contributed by atoms with Crippen LogP contribution >= 0.6 is 0 Å². The number of amides is 2. The Labute approximate surface area is 253 Å². The highest BCUT2D eigenvalue weighted by atomic mass is 17.2. The predicted molar refractivity (Wildman–Crippen MR) is 163 cm³/mol. The number of aromatic nitrogens is 2. The summed E-state index contributed by atoms with van der Waals surface area (Å²) in [6.07, 6.45) is 3.29. The summed E-state index contributed by atoms with van der Waals surface area (Å²) in [6, 6.07) is 16.4. The quantitative estimate of drug-likeness (QED) is 0.161. The van der Waals surface area contributed by atoms with E-state index in [0.717, 1.165) is 41.3 Å². The van der Waals surface area contributed by atoms with Crippen LogP contribution in [0.1, 0.15) is 92.7 Å². The molecule has 9 heteroatoms. The summed E-state index contributed by atoms with van der Waals surface area (Å²) in [4.78, 5) is 41.0. The molecular formula is C34H42N4O5. The number of hydrogen-bond donors (Lipinski definition) is 0. The Hall–Kier alpha value is -3.69. The lowest BCUT2D eigenvalue weighted by atomic mass is 10.0. The molecule has 2 saturated carbocycles. The van der Waals surface area contributed by atoms with Crippen LogP contribution in [0.5, 0.6) is 0 Å². The molecule has 3 aliphatic rings. The molecule has 0 N–H and O–H groups in total. The van der Waals surface area contributed by atoms with Crippen LogP contribution in [0.4, 0.5) is 10.5 Å². The van der Waals surface area contributed by atoms with Crippen molar-refractivity contribution in [3.05, 3.63) is 76.6 Å². The monoisotopic (exact) mass is 586 g/mol. The van der Waals surface area contributed by atoms with Crippen molar-refractivity contribution < 1.29 is 24.1 Å². The van der Waals surface area contributed by atoms with Crippen LogP contribution in [0, 0.1) is 5.92 Å². The van der Waals surface area contributed by atoms with E-state index in [4.69, 9.17) is 19.6 Å². The first kappa shape index (κ1) is 29.4. The van der Waals surface area contributed by atoms with E-state index in [0.29, 0.717) is 36.9 Å². The molecule has 2 aliphatic carbocycles. The van der Waals surface area contributed by atoms with Crippen molar-refractivity contribution in [1.82, 2.24) is 14.7 Å². The topological polar surface area (TPSA) is 86.1 Å². The van der Waals surface area contributed by atoms with E-state index >= 15 is 0 Å². The Kier molecular flexibility index (Phi) is 7.59. The third kappa shape index (κ3) is 5.68. The molecule has 43 heavy (non-hydrogen) atoms. The van der Waals surface area contributed by atoms with E-state index in [-0.39, 0.29) is 24.1 Å². The van der Waals surface area contributed by atoms with Gasteiger partial charge in [-0.05, 0) is 101 Å². The number of anilines is 1. The fraction of sp³-hybridized carbons (Fsp3) is 0.500. The largest absolute Gasteiger partial charge is 0.444 e. The van der Waals surface area contributed by atoms with E-state index in [1.165, 1.54) is 12.0 Å².